The number of phenols is 1. The zero-order valence-electron chi connectivity index (χ0n) is 12.8. The molecule has 1 unspecified atom stereocenters. The van der Waals surface area contributed by atoms with E-state index < -0.39 is 5.60 Å². The van der Waals surface area contributed by atoms with Crippen LogP contribution < -0.4 is 4.74 Å². The fourth-order valence-corrected chi connectivity index (χ4v) is 2.30. The van der Waals surface area contributed by atoms with Crippen LogP contribution in [0.5, 0.6) is 11.5 Å². The van der Waals surface area contributed by atoms with Crippen molar-refractivity contribution in [3.63, 3.8) is 0 Å². The van der Waals surface area contributed by atoms with Gasteiger partial charge >= 0.3 is 6.09 Å². The molecule has 0 aromatic heterocycles. The molecule has 0 spiro atoms. The summed E-state index contributed by atoms with van der Waals surface area (Å²) in [5.41, 5.74) is -0.484. The maximum atomic E-state index is 12.1. The first kappa shape index (κ1) is 15.5. The Labute approximate surface area is 125 Å². The molecule has 1 N–H and O–H groups in total. The molecule has 1 aliphatic heterocycles. The van der Waals surface area contributed by atoms with Crippen molar-refractivity contribution < 1.29 is 19.4 Å². The summed E-state index contributed by atoms with van der Waals surface area (Å²) in [4.78, 5) is 13.9. The van der Waals surface area contributed by atoms with Crippen LogP contribution in [0.25, 0.3) is 0 Å². The van der Waals surface area contributed by atoms with Gasteiger partial charge in [0.1, 0.15) is 23.7 Å². The monoisotopic (exact) mass is 293 g/mol. The predicted octanol–water partition coefficient (Wildman–Crippen LogP) is 3.17. The van der Waals surface area contributed by atoms with E-state index in [4.69, 9.17) is 9.47 Å². The summed E-state index contributed by atoms with van der Waals surface area (Å²) in [6.45, 7) is 6.73. The molecule has 21 heavy (non-hydrogen) atoms. The molecule has 5 nitrogen and oxygen atoms in total. The van der Waals surface area contributed by atoms with E-state index in [1.165, 1.54) is 0 Å². The average Bonchev–Trinajstić information content (AvgIpc) is 2.84. The first-order valence-corrected chi connectivity index (χ1v) is 7.26. The van der Waals surface area contributed by atoms with E-state index >= 15 is 0 Å². The third kappa shape index (κ3) is 4.55. The van der Waals surface area contributed by atoms with Gasteiger partial charge in [-0.05, 0) is 57.9 Å². The minimum Gasteiger partial charge on any atom is -0.508 e. The van der Waals surface area contributed by atoms with Gasteiger partial charge in [0, 0.05) is 6.54 Å². The summed E-state index contributed by atoms with van der Waals surface area (Å²) < 4.78 is 11.1. The van der Waals surface area contributed by atoms with Crippen molar-refractivity contribution in [2.24, 2.45) is 0 Å². The zero-order valence-corrected chi connectivity index (χ0v) is 12.8. The van der Waals surface area contributed by atoms with Crippen molar-refractivity contribution in [3.8, 4) is 11.5 Å². The Morgan fingerprint density at radius 2 is 2.00 bits per heavy atom. The Bertz CT molecular complexity index is 478. The van der Waals surface area contributed by atoms with Crippen LogP contribution in [-0.4, -0.2) is 40.9 Å². The average molecular weight is 293 g/mol. The van der Waals surface area contributed by atoms with E-state index in [1.807, 2.05) is 20.8 Å². The lowest BCUT2D eigenvalue weighted by Gasteiger charge is -2.28. The van der Waals surface area contributed by atoms with Crippen molar-refractivity contribution in [3.05, 3.63) is 24.3 Å². The van der Waals surface area contributed by atoms with E-state index in [-0.39, 0.29) is 17.9 Å². The van der Waals surface area contributed by atoms with E-state index in [2.05, 4.69) is 0 Å². The third-order valence-corrected chi connectivity index (χ3v) is 3.28. The second kappa shape index (κ2) is 6.24. The minimum atomic E-state index is -0.484. The number of aromatic hydroxyl groups is 1. The summed E-state index contributed by atoms with van der Waals surface area (Å²) in [6, 6.07) is 6.61. The highest BCUT2D eigenvalue weighted by molar-refractivity contribution is 5.69. The molecule has 2 rings (SSSR count). The number of ether oxygens (including phenoxy) is 2. The van der Waals surface area contributed by atoms with Gasteiger partial charge < -0.3 is 19.5 Å². The topological polar surface area (TPSA) is 59.0 Å². The number of hydrogen-bond donors (Lipinski definition) is 1. The highest BCUT2D eigenvalue weighted by atomic mass is 16.6. The third-order valence-electron chi connectivity index (χ3n) is 3.28. The fourth-order valence-electron chi connectivity index (χ4n) is 2.30. The molecule has 0 radical (unpaired) electrons. The van der Waals surface area contributed by atoms with Crippen molar-refractivity contribution in [1.29, 1.82) is 0 Å². The quantitative estimate of drug-likeness (QED) is 0.930. The van der Waals surface area contributed by atoms with Gasteiger partial charge in [-0.25, -0.2) is 4.79 Å². The molecular formula is C16H23NO4. The minimum absolute atomic E-state index is 0.0358. The highest BCUT2D eigenvalue weighted by Gasteiger charge is 2.32. The molecule has 1 aromatic rings. The summed E-state index contributed by atoms with van der Waals surface area (Å²) in [6.07, 6.45) is 1.60. The van der Waals surface area contributed by atoms with Crippen LogP contribution >= 0.6 is 0 Å². The lowest BCUT2D eigenvalue weighted by Crippen LogP contribution is -2.42. The lowest BCUT2D eigenvalue weighted by molar-refractivity contribution is 0.0187. The standard InChI is InChI=1S/C16H23NO4/c1-16(2,3)21-15(19)17-10-4-5-12(17)11-20-14-8-6-13(18)7-9-14/h6-9,12,18H,4-5,10-11H2,1-3H3. The number of phenolic OH excluding ortho intramolecular Hbond substituents is 1. The van der Waals surface area contributed by atoms with Crippen molar-refractivity contribution in [1.82, 2.24) is 4.90 Å². The summed E-state index contributed by atoms with van der Waals surface area (Å²) >= 11 is 0. The van der Waals surface area contributed by atoms with Gasteiger partial charge in [-0.2, -0.15) is 0 Å². The smallest absolute Gasteiger partial charge is 0.410 e. The molecular weight excluding hydrogens is 270 g/mol. The Hall–Kier alpha value is -1.91. The number of nitrogens with zero attached hydrogens (tertiary/aromatic N) is 1. The maximum absolute atomic E-state index is 12.1. The molecule has 1 fully saturated rings. The first-order valence-electron chi connectivity index (χ1n) is 7.26. The van der Waals surface area contributed by atoms with Crippen LogP contribution in [0.3, 0.4) is 0 Å². The Morgan fingerprint density at radius 3 is 2.62 bits per heavy atom. The molecule has 116 valence electrons. The molecule has 1 atom stereocenters. The predicted molar refractivity (Wildman–Crippen MR) is 79.6 cm³/mol. The van der Waals surface area contributed by atoms with Crippen LogP contribution in [0, 0.1) is 0 Å². The number of carbonyl (C=O) groups is 1. The van der Waals surface area contributed by atoms with Crippen LogP contribution in [0.15, 0.2) is 24.3 Å². The molecule has 1 heterocycles. The summed E-state index contributed by atoms with van der Waals surface area (Å²) in [5, 5.41) is 9.23. The van der Waals surface area contributed by atoms with Crippen LogP contribution in [0.4, 0.5) is 4.79 Å². The largest absolute Gasteiger partial charge is 0.508 e. The molecule has 1 aliphatic rings. The number of hydrogen-bond acceptors (Lipinski definition) is 4. The second-order valence-electron chi connectivity index (χ2n) is 6.27. The molecule has 1 amide bonds. The number of rotatable bonds is 3. The van der Waals surface area contributed by atoms with E-state index in [9.17, 15) is 9.90 Å². The molecule has 0 saturated carbocycles. The van der Waals surface area contributed by atoms with Crippen molar-refractivity contribution in [2.45, 2.75) is 45.3 Å². The Kier molecular flexibility index (Phi) is 4.60. The van der Waals surface area contributed by atoms with Gasteiger partial charge in [0.2, 0.25) is 0 Å². The lowest BCUT2D eigenvalue weighted by atomic mass is 10.2. The van der Waals surface area contributed by atoms with Crippen LogP contribution in [0.1, 0.15) is 33.6 Å². The van der Waals surface area contributed by atoms with Gasteiger partial charge in [0.05, 0.1) is 6.04 Å². The molecule has 1 saturated heterocycles. The van der Waals surface area contributed by atoms with E-state index in [1.54, 1.807) is 29.2 Å². The molecule has 1 aromatic carbocycles. The van der Waals surface area contributed by atoms with Gasteiger partial charge in [0.15, 0.2) is 0 Å². The SMILES string of the molecule is CC(C)(C)OC(=O)N1CCCC1COc1ccc(O)cc1. The maximum Gasteiger partial charge on any atom is 0.410 e. The second-order valence-corrected chi connectivity index (χ2v) is 6.27. The van der Waals surface area contributed by atoms with Crippen molar-refractivity contribution in [2.75, 3.05) is 13.2 Å². The Morgan fingerprint density at radius 1 is 1.33 bits per heavy atom. The molecule has 0 aliphatic carbocycles. The van der Waals surface area contributed by atoms with E-state index in [0.717, 1.165) is 12.8 Å². The van der Waals surface area contributed by atoms with Gasteiger partial charge in [0.25, 0.3) is 0 Å². The first-order chi connectivity index (χ1) is 9.85. The van der Waals surface area contributed by atoms with Gasteiger partial charge in [-0.1, -0.05) is 0 Å². The molecule has 0 bridgehead atoms. The fraction of sp³-hybridized carbons (Fsp3) is 0.562. The summed E-state index contributed by atoms with van der Waals surface area (Å²) in [5.74, 6) is 0.891. The highest BCUT2D eigenvalue weighted by Crippen LogP contribution is 2.22. The number of amides is 1. The summed E-state index contributed by atoms with van der Waals surface area (Å²) in [7, 11) is 0. The number of benzene rings is 1. The van der Waals surface area contributed by atoms with E-state index in [0.29, 0.717) is 18.9 Å². The van der Waals surface area contributed by atoms with Crippen LogP contribution in [0.2, 0.25) is 0 Å². The Balaban J connectivity index is 1.90. The van der Waals surface area contributed by atoms with Crippen molar-refractivity contribution >= 4 is 6.09 Å². The number of carbonyl (C=O) groups excluding carboxylic acids is 1. The van der Waals surface area contributed by atoms with Crippen LogP contribution in [-0.2, 0) is 4.74 Å². The number of likely N-dealkylation sites (tertiary alicyclic amines) is 1. The zero-order chi connectivity index (χ0) is 15.5. The van der Waals surface area contributed by atoms with Gasteiger partial charge in [-0.15, -0.1) is 0 Å². The van der Waals surface area contributed by atoms with Gasteiger partial charge in [-0.3, -0.25) is 0 Å². The normalized spacial score (nSPS) is 18.6. The molecule has 5 heteroatoms.